The molecule has 0 atom stereocenters. The first-order valence-electron chi connectivity index (χ1n) is 12.2. The van der Waals surface area contributed by atoms with Crippen molar-refractivity contribution in [1.82, 2.24) is 10.6 Å². The van der Waals surface area contributed by atoms with E-state index < -0.39 is 0 Å². The number of amides is 1. The quantitative estimate of drug-likeness (QED) is 0.235. The van der Waals surface area contributed by atoms with Gasteiger partial charge in [0, 0.05) is 13.0 Å². The smallest absolute Gasteiger partial charge is 0.219 e. The van der Waals surface area contributed by atoms with Gasteiger partial charge in [0.25, 0.3) is 0 Å². The van der Waals surface area contributed by atoms with E-state index in [0.717, 1.165) is 13.0 Å². The summed E-state index contributed by atoms with van der Waals surface area (Å²) in [7, 11) is 0. The molecule has 27 heavy (non-hydrogen) atoms. The van der Waals surface area contributed by atoms with Crippen LogP contribution in [0.15, 0.2) is 0 Å². The first-order valence-corrected chi connectivity index (χ1v) is 12.2. The first-order chi connectivity index (χ1) is 13.2. The van der Waals surface area contributed by atoms with E-state index in [-0.39, 0.29) is 5.91 Å². The van der Waals surface area contributed by atoms with E-state index in [9.17, 15) is 4.79 Å². The lowest BCUT2D eigenvalue weighted by atomic mass is 10.1. The molecular weight excluding hydrogens is 332 g/mol. The molecule has 1 amide bonds. The van der Waals surface area contributed by atoms with Crippen molar-refractivity contribution < 1.29 is 4.79 Å². The fraction of sp³-hybridized carbons (Fsp3) is 0.958. The predicted molar refractivity (Wildman–Crippen MR) is 122 cm³/mol. The molecule has 0 aliphatic carbocycles. The third kappa shape index (κ3) is 30.4. The standard InChI is InChI=1S/C16H33NO.C8H19N/c1-3-5-6-7-8-9-10-11-12-13-14-15-16(18)17-4-2;1-3-5-7-9-8-6-4-2/h3-15H2,1-2H3,(H,17,18);9H,3-8H2,1-2H3. The highest BCUT2D eigenvalue weighted by molar-refractivity contribution is 5.75. The highest BCUT2D eigenvalue weighted by atomic mass is 16.1. The third-order valence-electron chi connectivity index (χ3n) is 4.80. The summed E-state index contributed by atoms with van der Waals surface area (Å²) < 4.78 is 0. The van der Waals surface area contributed by atoms with Gasteiger partial charge in [-0.3, -0.25) is 4.79 Å². The van der Waals surface area contributed by atoms with Crippen LogP contribution in [0.3, 0.4) is 0 Å². The monoisotopic (exact) mass is 384 g/mol. The maximum atomic E-state index is 11.2. The number of nitrogens with one attached hydrogen (secondary N) is 2. The van der Waals surface area contributed by atoms with E-state index in [4.69, 9.17) is 0 Å². The van der Waals surface area contributed by atoms with E-state index >= 15 is 0 Å². The molecule has 0 aromatic carbocycles. The van der Waals surface area contributed by atoms with Gasteiger partial charge < -0.3 is 10.6 Å². The predicted octanol–water partition coefficient (Wildman–Crippen LogP) is 7.00. The summed E-state index contributed by atoms with van der Waals surface area (Å²) >= 11 is 0. The van der Waals surface area contributed by atoms with Crippen molar-refractivity contribution in [3.05, 3.63) is 0 Å². The molecule has 3 nitrogen and oxygen atoms in total. The van der Waals surface area contributed by atoms with Gasteiger partial charge in [0.2, 0.25) is 5.91 Å². The summed E-state index contributed by atoms with van der Waals surface area (Å²) in [5.74, 6) is 0.216. The van der Waals surface area contributed by atoms with E-state index in [1.165, 1.54) is 103 Å². The number of hydrogen-bond donors (Lipinski definition) is 2. The maximum Gasteiger partial charge on any atom is 0.219 e. The van der Waals surface area contributed by atoms with Crippen molar-refractivity contribution in [2.24, 2.45) is 0 Å². The molecule has 0 rings (SSSR count). The third-order valence-corrected chi connectivity index (χ3v) is 4.80. The summed E-state index contributed by atoms with van der Waals surface area (Å²) in [6.45, 7) is 11.9. The molecule has 0 aliphatic heterocycles. The van der Waals surface area contributed by atoms with Crippen LogP contribution >= 0.6 is 0 Å². The molecule has 164 valence electrons. The fourth-order valence-electron chi connectivity index (χ4n) is 2.96. The van der Waals surface area contributed by atoms with Gasteiger partial charge in [0.1, 0.15) is 0 Å². The molecule has 0 radical (unpaired) electrons. The van der Waals surface area contributed by atoms with Crippen LogP contribution in [0.25, 0.3) is 0 Å². The van der Waals surface area contributed by atoms with Crippen molar-refractivity contribution in [1.29, 1.82) is 0 Å². The Morgan fingerprint density at radius 2 is 0.963 bits per heavy atom. The second kappa shape index (κ2) is 27.6. The molecule has 3 heteroatoms. The molecule has 0 heterocycles. The average molecular weight is 385 g/mol. The van der Waals surface area contributed by atoms with E-state index in [2.05, 4.69) is 31.4 Å². The fourth-order valence-corrected chi connectivity index (χ4v) is 2.96. The van der Waals surface area contributed by atoms with Crippen molar-refractivity contribution in [3.8, 4) is 0 Å². The second-order valence-electron chi connectivity index (χ2n) is 7.70. The SMILES string of the molecule is CCCCCCCCCCCCCC(=O)NCC.CCCCNCCCC. The number of carbonyl (C=O) groups excluding carboxylic acids is 1. The highest BCUT2D eigenvalue weighted by Crippen LogP contribution is 2.11. The van der Waals surface area contributed by atoms with Gasteiger partial charge in [-0.25, -0.2) is 0 Å². The lowest BCUT2D eigenvalue weighted by Gasteiger charge is -2.03. The van der Waals surface area contributed by atoms with Crippen molar-refractivity contribution >= 4 is 5.91 Å². The zero-order valence-electron chi connectivity index (χ0n) is 19.3. The molecule has 0 aliphatic rings. The molecule has 0 saturated carbocycles. The zero-order valence-corrected chi connectivity index (χ0v) is 19.3. The summed E-state index contributed by atoms with van der Waals surface area (Å²) in [6.07, 6.45) is 20.7. The zero-order chi connectivity index (χ0) is 20.4. The van der Waals surface area contributed by atoms with Crippen molar-refractivity contribution in [2.45, 2.75) is 130 Å². The van der Waals surface area contributed by atoms with Gasteiger partial charge in [-0.2, -0.15) is 0 Å². The Bertz CT molecular complexity index is 263. The maximum absolute atomic E-state index is 11.2. The van der Waals surface area contributed by atoms with Crippen LogP contribution in [0.4, 0.5) is 0 Å². The highest BCUT2D eigenvalue weighted by Gasteiger charge is 1.98. The molecule has 0 aromatic heterocycles. The largest absolute Gasteiger partial charge is 0.356 e. The Labute approximate surface area is 171 Å². The molecule has 0 unspecified atom stereocenters. The lowest BCUT2D eigenvalue weighted by Crippen LogP contribution is -2.21. The van der Waals surface area contributed by atoms with Gasteiger partial charge in [-0.15, -0.1) is 0 Å². The summed E-state index contributed by atoms with van der Waals surface area (Å²) in [6, 6.07) is 0. The molecule has 0 fully saturated rings. The van der Waals surface area contributed by atoms with Crippen LogP contribution in [-0.4, -0.2) is 25.5 Å². The van der Waals surface area contributed by atoms with Crippen LogP contribution in [0, 0.1) is 0 Å². The molecule has 0 saturated heterocycles. The van der Waals surface area contributed by atoms with Crippen LogP contribution in [-0.2, 0) is 4.79 Å². The lowest BCUT2D eigenvalue weighted by molar-refractivity contribution is -0.121. The topological polar surface area (TPSA) is 41.1 Å². The Hall–Kier alpha value is -0.570. The summed E-state index contributed by atoms with van der Waals surface area (Å²) in [5, 5.41) is 6.23. The van der Waals surface area contributed by atoms with E-state index in [1.807, 2.05) is 6.92 Å². The Kier molecular flexibility index (Phi) is 29.3. The Balaban J connectivity index is 0. The van der Waals surface area contributed by atoms with E-state index in [0.29, 0.717) is 6.42 Å². The first kappa shape index (κ1) is 28.6. The summed E-state index contributed by atoms with van der Waals surface area (Å²) in [5.41, 5.74) is 0. The number of unbranched alkanes of at least 4 members (excludes halogenated alkanes) is 12. The Morgan fingerprint density at radius 3 is 1.37 bits per heavy atom. The normalized spacial score (nSPS) is 10.4. The molecule has 0 bridgehead atoms. The van der Waals surface area contributed by atoms with Gasteiger partial charge >= 0.3 is 0 Å². The second-order valence-corrected chi connectivity index (χ2v) is 7.70. The minimum Gasteiger partial charge on any atom is -0.356 e. The van der Waals surface area contributed by atoms with Crippen LogP contribution in [0.2, 0.25) is 0 Å². The Morgan fingerprint density at radius 1 is 0.556 bits per heavy atom. The number of carbonyl (C=O) groups is 1. The molecule has 0 spiro atoms. The molecular formula is C24H52N2O. The van der Waals surface area contributed by atoms with Gasteiger partial charge in [0.05, 0.1) is 0 Å². The van der Waals surface area contributed by atoms with Gasteiger partial charge in [-0.1, -0.05) is 97.8 Å². The minimum absolute atomic E-state index is 0.216. The van der Waals surface area contributed by atoms with Crippen molar-refractivity contribution in [3.63, 3.8) is 0 Å². The van der Waals surface area contributed by atoms with Crippen LogP contribution in [0.5, 0.6) is 0 Å². The van der Waals surface area contributed by atoms with Gasteiger partial charge in [-0.05, 0) is 39.3 Å². The van der Waals surface area contributed by atoms with Crippen molar-refractivity contribution in [2.75, 3.05) is 19.6 Å². The number of rotatable bonds is 19. The molecule has 0 aromatic rings. The van der Waals surface area contributed by atoms with Crippen LogP contribution in [0.1, 0.15) is 130 Å². The average Bonchev–Trinajstić information content (AvgIpc) is 2.67. The van der Waals surface area contributed by atoms with Crippen LogP contribution < -0.4 is 10.6 Å². The minimum atomic E-state index is 0.216. The summed E-state index contributed by atoms with van der Waals surface area (Å²) in [4.78, 5) is 11.2. The molecule has 2 N–H and O–H groups in total. The van der Waals surface area contributed by atoms with E-state index in [1.54, 1.807) is 0 Å². The number of hydrogen-bond acceptors (Lipinski definition) is 2. The van der Waals surface area contributed by atoms with Gasteiger partial charge in [0.15, 0.2) is 0 Å².